The van der Waals surface area contributed by atoms with Gasteiger partial charge in [0.25, 0.3) is 0 Å². The van der Waals surface area contributed by atoms with Crippen LogP contribution in [0.1, 0.15) is 41.5 Å². The fourth-order valence-electron chi connectivity index (χ4n) is 1.12. The Labute approximate surface area is 75.1 Å². The van der Waals surface area contributed by atoms with E-state index in [4.69, 9.17) is 0 Å². The van der Waals surface area contributed by atoms with Crippen molar-refractivity contribution in [2.45, 2.75) is 61.5 Å². The van der Waals surface area contributed by atoms with Gasteiger partial charge in [-0.05, 0) is 0 Å². The van der Waals surface area contributed by atoms with Crippen molar-refractivity contribution in [2.24, 2.45) is 0 Å². The average molecular weight is 217 g/mol. The van der Waals surface area contributed by atoms with Crippen LogP contribution in [0.4, 0.5) is 0 Å². The molecule has 0 rings (SSSR count). The molecule has 11 heavy (non-hydrogen) atoms. The van der Waals surface area contributed by atoms with Crippen molar-refractivity contribution >= 4 is 13.3 Å². The Kier molecular flexibility index (Phi) is 2.93. The molecule has 0 saturated heterocycles. The van der Waals surface area contributed by atoms with Gasteiger partial charge in [0.2, 0.25) is 0 Å². The molecule has 68 valence electrons. The maximum atomic E-state index is 2.54. The van der Waals surface area contributed by atoms with E-state index in [0.29, 0.717) is 8.49 Å². The van der Waals surface area contributed by atoms with Crippen LogP contribution in [0.2, 0.25) is 20.0 Å². The summed E-state index contributed by atoms with van der Waals surface area (Å²) in [5, 5.41) is 0. The van der Waals surface area contributed by atoms with Crippen molar-refractivity contribution in [3.63, 3.8) is 0 Å². The predicted molar refractivity (Wildman–Crippen MR) is 56.9 cm³/mol. The Morgan fingerprint density at radius 3 is 0.818 bits per heavy atom. The first kappa shape index (κ1) is 11.5. The normalized spacial score (nSPS) is 15.3. The van der Waals surface area contributed by atoms with Gasteiger partial charge in [-0.25, -0.2) is 0 Å². The van der Waals surface area contributed by atoms with Gasteiger partial charge in [-0.15, -0.1) is 0 Å². The second kappa shape index (κ2) is 2.79. The summed E-state index contributed by atoms with van der Waals surface area (Å²) in [5.41, 5.74) is 0. The Hall–Kier alpha value is 0.543. The molecule has 0 aliphatic carbocycles. The Morgan fingerprint density at radius 2 is 0.818 bits per heavy atom. The van der Waals surface area contributed by atoms with Crippen molar-refractivity contribution in [2.75, 3.05) is 0 Å². The molecule has 1 heteroatoms. The minimum absolute atomic E-state index is 0.568. The van der Waals surface area contributed by atoms with Crippen LogP contribution in [0.3, 0.4) is 0 Å². The molecule has 0 aromatic heterocycles. The standard InChI is InChI=1S/C10H24Ge/c1-9(2,3)11(7,8)10(4,5)6/h1-8H3. The third kappa shape index (κ3) is 2.24. The molecular formula is C10H24Ge. The minimum atomic E-state index is -1.62. The fourth-order valence-corrected chi connectivity index (χ4v) is 5.85. The van der Waals surface area contributed by atoms with Gasteiger partial charge < -0.3 is 0 Å². The SMILES string of the molecule is C[C](C)(C)[Ge]([CH3])([CH3])[C](C)(C)C. The molecule has 0 saturated carbocycles. The summed E-state index contributed by atoms with van der Waals surface area (Å²) in [7, 11) is 0. The van der Waals surface area contributed by atoms with Crippen LogP contribution in [0, 0.1) is 0 Å². The van der Waals surface area contributed by atoms with Gasteiger partial charge in [0.1, 0.15) is 0 Å². The molecule has 0 aliphatic rings. The van der Waals surface area contributed by atoms with Crippen LogP contribution in [0.5, 0.6) is 0 Å². The quantitative estimate of drug-likeness (QED) is 0.530. The van der Waals surface area contributed by atoms with Crippen LogP contribution in [-0.4, -0.2) is 13.3 Å². The molecule has 0 amide bonds. The van der Waals surface area contributed by atoms with Crippen molar-refractivity contribution in [3.05, 3.63) is 0 Å². The van der Waals surface area contributed by atoms with Crippen LogP contribution >= 0.6 is 0 Å². The molecule has 0 bridgehead atoms. The van der Waals surface area contributed by atoms with Crippen LogP contribution in [0.15, 0.2) is 0 Å². The first-order valence-corrected chi connectivity index (χ1v) is 10.8. The number of rotatable bonds is 0. The average Bonchev–Trinajstić information content (AvgIpc) is 1.58. The van der Waals surface area contributed by atoms with E-state index in [2.05, 4.69) is 53.1 Å². The molecule has 0 unspecified atom stereocenters. The fraction of sp³-hybridized carbons (Fsp3) is 1.00. The molecule has 0 nitrogen and oxygen atoms in total. The molecular weight excluding hydrogens is 193 g/mol. The van der Waals surface area contributed by atoms with E-state index in [0.717, 1.165) is 0 Å². The number of hydrogen-bond acceptors (Lipinski definition) is 0. The summed E-state index contributed by atoms with van der Waals surface area (Å²) in [6.07, 6.45) is 0. The van der Waals surface area contributed by atoms with Gasteiger partial charge in [0.15, 0.2) is 0 Å². The Bertz CT molecular complexity index is 116. The molecule has 0 fully saturated rings. The summed E-state index contributed by atoms with van der Waals surface area (Å²) < 4.78 is 1.14. The molecule has 0 radical (unpaired) electrons. The van der Waals surface area contributed by atoms with Crippen molar-refractivity contribution in [1.29, 1.82) is 0 Å². The zero-order valence-corrected chi connectivity index (χ0v) is 11.6. The Morgan fingerprint density at radius 1 is 0.636 bits per heavy atom. The Balaban J connectivity index is 4.75. The molecule has 0 N–H and O–H groups in total. The van der Waals surface area contributed by atoms with Crippen LogP contribution in [-0.2, 0) is 0 Å². The zero-order valence-electron chi connectivity index (χ0n) is 9.50. The van der Waals surface area contributed by atoms with E-state index in [1.54, 1.807) is 0 Å². The molecule has 0 atom stereocenters. The first-order chi connectivity index (χ1) is 4.50. The monoisotopic (exact) mass is 218 g/mol. The first-order valence-electron chi connectivity index (χ1n) is 4.50. The van der Waals surface area contributed by atoms with Gasteiger partial charge in [-0.1, -0.05) is 0 Å². The third-order valence-corrected chi connectivity index (χ3v) is 19.5. The molecule has 0 spiro atoms. The summed E-state index contributed by atoms with van der Waals surface area (Å²) >= 11 is -1.62. The van der Waals surface area contributed by atoms with E-state index in [9.17, 15) is 0 Å². The van der Waals surface area contributed by atoms with E-state index in [1.165, 1.54) is 0 Å². The molecule has 0 aromatic rings. The van der Waals surface area contributed by atoms with Gasteiger partial charge in [0, 0.05) is 0 Å². The maximum absolute atomic E-state index is 2.54. The second-order valence-corrected chi connectivity index (χ2v) is 19.2. The number of hydrogen-bond donors (Lipinski definition) is 0. The zero-order chi connectivity index (χ0) is 9.50. The molecule has 0 aromatic carbocycles. The summed E-state index contributed by atoms with van der Waals surface area (Å²) in [4.78, 5) is 0. The van der Waals surface area contributed by atoms with E-state index in [1.807, 2.05) is 0 Å². The summed E-state index contributed by atoms with van der Waals surface area (Å²) in [6.45, 7) is 14.4. The second-order valence-electron chi connectivity index (χ2n) is 6.12. The van der Waals surface area contributed by atoms with Gasteiger partial charge in [-0.2, -0.15) is 0 Å². The topological polar surface area (TPSA) is 0 Å². The van der Waals surface area contributed by atoms with Gasteiger partial charge >= 0.3 is 74.8 Å². The molecule has 0 aliphatic heterocycles. The van der Waals surface area contributed by atoms with Gasteiger partial charge in [0.05, 0.1) is 0 Å². The summed E-state index contributed by atoms with van der Waals surface area (Å²) in [5.74, 6) is 5.08. The third-order valence-electron chi connectivity index (χ3n) is 3.75. The van der Waals surface area contributed by atoms with Crippen LogP contribution < -0.4 is 0 Å². The van der Waals surface area contributed by atoms with Crippen molar-refractivity contribution < 1.29 is 0 Å². The van der Waals surface area contributed by atoms with Gasteiger partial charge in [-0.3, -0.25) is 0 Å². The van der Waals surface area contributed by atoms with E-state index < -0.39 is 13.3 Å². The van der Waals surface area contributed by atoms with Crippen molar-refractivity contribution in [3.8, 4) is 0 Å². The predicted octanol–water partition coefficient (Wildman–Crippen LogP) is 4.30. The van der Waals surface area contributed by atoms with E-state index >= 15 is 0 Å². The van der Waals surface area contributed by atoms with Crippen molar-refractivity contribution in [1.82, 2.24) is 0 Å². The molecule has 0 heterocycles. The summed E-state index contributed by atoms with van der Waals surface area (Å²) in [6, 6.07) is 0. The van der Waals surface area contributed by atoms with E-state index in [-0.39, 0.29) is 0 Å². The van der Waals surface area contributed by atoms with Crippen LogP contribution in [0.25, 0.3) is 0 Å².